The number of rotatable bonds is 8. The van der Waals surface area contributed by atoms with Crippen molar-refractivity contribution in [3.63, 3.8) is 0 Å². The number of carboxylic acids is 2. The molecule has 0 aliphatic carbocycles. The number of halogens is 1. The second-order valence-corrected chi connectivity index (χ2v) is 8.86. The van der Waals surface area contributed by atoms with E-state index < -0.39 is 11.9 Å². The first-order valence-electron chi connectivity index (χ1n) is 10.2. The van der Waals surface area contributed by atoms with E-state index in [9.17, 15) is 9.59 Å². The molecule has 0 amide bonds. The largest absolute Gasteiger partial charge is 0.493 e. The Labute approximate surface area is 203 Å². The maximum Gasteiger partial charge on any atom is 0.328 e. The highest BCUT2D eigenvalue weighted by Crippen LogP contribution is 2.39. The summed E-state index contributed by atoms with van der Waals surface area (Å²) in [6.07, 6.45) is 3.25. The number of ether oxygens (including phenoxy) is 2. The molecule has 0 spiro atoms. The van der Waals surface area contributed by atoms with Crippen LogP contribution >= 0.6 is 23.4 Å². The van der Waals surface area contributed by atoms with Gasteiger partial charge in [-0.2, -0.15) is 0 Å². The van der Waals surface area contributed by atoms with Crippen molar-refractivity contribution < 1.29 is 29.3 Å². The fourth-order valence-corrected chi connectivity index (χ4v) is 4.52. The molecule has 1 unspecified atom stereocenters. The summed E-state index contributed by atoms with van der Waals surface area (Å²) in [5.74, 6) is 0.177. The zero-order chi connectivity index (χ0) is 24.4. The van der Waals surface area contributed by atoms with Crippen molar-refractivity contribution in [3.05, 3.63) is 64.7 Å². The van der Waals surface area contributed by atoms with Crippen LogP contribution in [0.25, 0.3) is 0 Å². The number of aliphatic carboxylic acids is 2. The predicted octanol–water partition coefficient (Wildman–Crippen LogP) is 4.78. The number of carboxylic acid groups (broad SMARTS) is 2. The van der Waals surface area contributed by atoms with E-state index in [0.29, 0.717) is 18.2 Å². The molecule has 1 atom stereocenters. The minimum absolute atomic E-state index is 0.406. The molecule has 3 rings (SSSR count). The van der Waals surface area contributed by atoms with Gasteiger partial charge < -0.3 is 19.7 Å². The van der Waals surface area contributed by atoms with E-state index in [2.05, 4.69) is 36.2 Å². The Balaban J connectivity index is 0.000000414. The normalized spacial score (nSPS) is 15.3. The predicted molar refractivity (Wildman–Crippen MR) is 130 cm³/mol. The van der Waals surface area contributed by atoms with Gasteiger partial charge in [-0.1, -0.05) is 11.6 Å². The highest BCUT2D eigenvalue weighted by atomic mass is 35.5. The van der Waals surface area contributed by atoms with Crippen LogP contribution in [-0.4, -0.2) is 60.6 Å². The second-order valence-electron chi connectivity index (χ2n) is 7.25. The lowest BCUT2D eigenvalue weighted by molar-refractivity contribution is -0.134. The van der Waals surface area contributed by atoms with Crippen molar-refractivity contribution in [1.82, 2.24) is 4.90 Å². The van der Waals surface area contributed by atoms with E-state index in [0.717, 1.165) is 41.7 Å². The number of fused-ring (bicyclic) bond motifs is 1. The highest BCUT2D eigenvalue weighted by Gasteiger charge is 2.26. The minimum atomic E-state index is -1.26. The summed E-state index contributed by atoms with van der Waals surface area (Å²) in [7, 11) is 5.60. The van der Waals surface area contributed by atoms with Gasteiger partial charge in [-0.3, -0.25) is 4.90 Å². The van der Waals surface area contributed by atoms with Gasteiger partial charge in [-0.05, 0) is 73.2 Å². The number of likely N-dealkylation sites (N-methyl/N-ethyl adjacent to an activating group) is 1. The van der Waals surface area contributed by atoms with Crippen molar-refractivity contribution in [2.75, 3.05) is 33.6 Å². The molecular formula is C24H28ClNO6S. The van der Waals surface area contributed by atoms with Gasteiger partial charge in [-0.25, -0.2) is 9.59 Å². The van der Waals surface area contributed by atoms with Gasteiger partial charge in [0.15, 0.2) is 11.5 Å². The van der Waals surface area contributed by atoms with Crippen LogP contribution in [0.4, 0.5) is 0 Å². The van der Waals surface area contributed by atoms with Crippen LogP contribution < -0.4 is 9.47 Å². The van der Waals surface area contributed by atoms with Crippen LogP contribution in [0.2, 0.25) is 5.02 Å². The first-order valence-corrected chi connectivity index (χ1v) is 11.6. The van der Waals surface area contributed by atoms with Crippen molar-refractivity contribution in [1.29, 1.82) is 0 Å². The lowest BCUT2D eigenvalue weighted by atomic mass is 9.91. The monoisotopic (exact) mass is 493 g/mol. The summed E-state index contributed by atoms with van der Waals surface area (Å²) in [5.41, 5.74) is 2.74. The fraction of sp³-hybridized carbons (Fsp3) is 0.333. The molecule has 0 fully saturated rings. The third kappa shape index (κ3) is 8.31. The molecule has 9 heteroatoms. The van der Waals surface area contributed by atoms with Crippen LogP contribution in [-0.2, 0) is 16.0 Å². The van der Waals surface area contributed by atoms with E-state index in [1.807, 2.05) is 23.9 Å². The van der Waals surface area contributed by atoms with E-state index >= 15 is 0 Å². The topological polar surface area (TPSA) is 96.3 Å². The van der Waals surface area contributed by atoms with Gasteiger partial charge in [-0.15, -0.1) is 11.8 Å². The Hall–Kier alpha value is -2.68. The van der Waals surface area contributed by atoms with E-state index in [-0.39, 0.29) is 0 Å². The van der Waals surface area contributed by atoms with Gasteiger partial charge in [0.1, 0.15) is 0 Å². The van der Waals surface area contributed by atoms with Gasteiger partial charge in [0, 0.05) is 34.7 Å². The van der Waals surface area contributed by atoms with E-state index in [1.165, 1.54) is 16.0 Å². The number of nitrogens with zero attached hydrogens (tertiary/aromatic N) is 1. The third-order valence-electron chi connectivity index (χ3n) is 5.11. The molecule has 33 heavy (non-hydrogen) atoms. The van der Waals surface area contributed by atoms with Crippen LogP contribution in [0.5, 0.6) is 11.5 Å². The maximum absolute atomic E-state index is 9.55. The summed E-state index contributed by atoms with van der Waals surface area (Å²) in [4.78, 5) is 22.8. The first kappa shape index (κ1) is 26.6. The highest BCUT2D eigenvalue weighted by molar-refractivity contribution is 7.99. The maximum atomic E-state index is 9.55. The Kier molecular flexibility index (Phi) is 10.6. The standard InChI is InChI=1S/C20H24ClNO2S.C4H4O4/c1-22-10-8-14-12-19(23-2)20(24-3)13-17(14)18(22)9-11-25-16-6-4-15(21)5-7-16;5-3(6)1-2-4(7)8/h4-7,12-13,18H,8-11H2,1-3H3;1-2H,(H,5,6)(H,7,8)/b;2-1+. The Morgan fingerprint density at radius 3 is 2.21 bits per heavy atom. The summed E-state index contributed by atoms with van der Waals surface area (Å²) in [6, 6.07) is 12.8. The number of thioether (sulfide) groups is 1. The average molecular weight is 494 g/mol. The molecule has 0 bridgehead atoms. The Bertz CT molecular complexity index is 964. The molecule has 1 heterocycles. The molecule has 2 aromatic rings. The van der Waals surface area contributed by atoms with Crippen molar-refractivity contribution in [2.24, 2.45) is 0 Å². The molecule has 0 aromatic heterocycles. The van der Waals surface area contributed by atoms with Gasteiger partial charge >= 0.3 is 11.9 Å². The molecule has 7 nitrogen and oxygen atoms in total. The number of carbonyl (C=O) groups is 2. The Morgan fingerprint density at radius 2 is 1.67 bits per heavy atom. The molecule has 2 aromatic carbocycles. The summed E-state index contributed by atoms with van der Waals surface area (Å²) in [6.45, 7) is 1.07. The average Bonchev–Trinajstić information content (AvgIpc) is 2.80. The zero-order valence-corrected chi connectivity index (χ0v) is 20.4. The van der Waals surface area contributed by atoms with Gasteiger partial charge in [0.2, 0.25) is 0 Å². The third-order valence-corrected chi connectivity index (χ3v) is 6.41. The van der Waals surface area contributed by atoms with Crippen LogP contribution in [0.1, 0.15) is 23.6 Å². The molecule has 1 aliphatic rings. The molecular weight excluding hydrogens is 466 g/mol. The first-order chi connectivity index (χ1) is 15.7. The smallest absolute Gasteiger partial charge is 0.328 e. The van der Waals surface area contributed by atoms with E-state index in [1.54, 1.807) is 14.2 Å². The van der Waals surface area contributed by atoms with Crippen LogP contribution in [0, 0.1) is 0 Å². The zero-order valence-electron chi connectivity index (χ0n) is 18.8. The molecule has 0 saturated carbocycles. The van der Waals surface area contributed by atoms with E-state index in [4.69, 9.17) is 31.3 Å². The Morgan fingerprint density at radius 1 is 1.09 bits per heavy atom. The molecule has 2 N–H and O–H groups in total. The van der Waals surface area contributed by atoms with Gasteiger partial charge in [0.05, 0.1) is 14.2 Å². The molecule has 0 radical (unpaired) electrons. The lowest BCUT2D eigenvalue weighted by Crippen LogP contribution is -2.32. The van der Waals surface area contributed by atoms with Crippen LogP contribution in [0.3, 0.4) is 0 Å². The molecule has 1 aliphatic heterocycles. The number of methoxy groups -OCH3 is 2. The summed E-state index contributed by atoms with van der Waals surface area (Å²) >= 11 is 7.83. The quantitative estimate of drug-likeness (QED) is 0.400. The van der Waals surface area contributed by atoms with Crippen molar-refractivity contribution in [2.45, 2.75) is 23.8 Å². The molecule has 178 valence electrons. The number of hydrogen-bond acceptors (Lipinski definition) is 6. The second kappa shape index (κ2) is 13.1. The number of hydrogen-bond donors (Lipinski definition) is 2. The van der Waals surface area contributed by atoms with Crippen LogP contribution in [0.15, 0.2) is 53.4 Å². The fourth-order valence-electron chi connectivity index (χ4n) is 3.49. The van der Waals surface area contributed by atoms with Crippen molar-refractivity contribution in [3.8, 4) is 11.5 Å². The summed E-state index contributed by atoms with van der Waals surface area (Å²) in [5, 5.41) is 16.4. The van der Waals surface area contributed by atoms with Crippen molar-refractivity contribution >= 4 is 35.3 Å². The summed E-state index contributed by atoms with van der Waals surface area (Å²) < 4.78 is 11.0. The SMILES string of the molecule is COc1cc2c(cc1OC)C(CCSc1ccc(Cl)cc1)N(C)CC2.O=C(O)/C=C/C(=O)O. The van der Waals surface area contributed by atoms with Gasteiger partial charge in [0.25, 0.3) is 0 Å². The lowest BCUT2D eigenvalue weighted by Gasteiger charge is -2.35. The minimum Gasteiger partial charge on any atom is -0.493 e. The molecule has 0 saturated heterocycles. The number of benzene rings is 2.